The minimum atomic E-state index is -0.225. The Bertz CT molecular complexity index is 863. The van der Waals surface area contributed by atoms with Crippen molar-refractivity contribution in [3.8, 4) is 11.5 Å². The summed E-state index contributed by atoms with van der Waals surface area (Å²) in [6.45, 7) is 1.64. The van der Waals surface area contributed by atoms with Gasteiger partial charge in [0.1, 0.15) is 11.5 Å². The van der Waals surface area contributed by atoms with Crippen molar-refractivity contribution in [2.45, 2.75) is 19.3 Å². The number of rotatable bonds is 7. The van der Waals surface area contributed by atoms with E-state index in [1.807, 2.05) is 4.90 Å². The number of nitrogens with zero attached hydrogens (tertiary/aromatic N) is 1. The molecule has 0 saturated carbocycles. The predicted molar refractivity (Wildman–Crippen MR) is 113 cm³/mol. The fourth-order valence-electron chi connectivity index (χ4n) is 3.34. The molecule has 1 saturated heterocycles. The Labute approximate surface area is 171 Å². The third-order valence-electron chi connectivity index (χ3n) is 4.88. The second-order valence-electron chi connectivity index (χ2n) is 6.90. The van der Waals surface area contributed by atoms with Crippen LogP contribution in [0, 0.1) is 0 Å². The van der Waals surface area contributed by atoms with Gasteiger partial charge in [0, 0.05) is 30.4 Å². The maximum atomic E-state index is 12.7. The molecule has 154 valence electrons. The summed E-state index contributed by atoms with van der Waals surface area (Å²) in [6.07, 6.45) is 3.26. The van der Waals surface area contributed by atoms with Crippen molar-refractivity contribution in [2.24, 2.45) is 0 Å². The molecular formula is C22H27N3O4. The summed E-state index contributed by atoms with van der Waals surface area (Å²) < 4.78 is 10.5. The van der Waals surface area contributed by atoms with Gasteiger partial charge in [0.2, 0.25) is 5.91 Å². The van der Waals surface area contributed by atoms with Crippen molar-refractivity contribution in [3.63, 3.8) is 0 Å². The number of ether oxygens (including phenoxy) is 2. The van der Waals surface area contributed by atoms with Gasteiger partial charge in [-0.3, -0.25) is 9.59 Å². The van der Waals surface area contributed by atoms with Crippen LogP contribution >= 0.6 is 0 Å². The van der Waals surface area contributed by atoms with E-state index in [9.17, 15) is 9.59 Å². The van der Waals surface area contributed by atoms with E-state index in [1.54, 1.807) is 56.7 Å². The number of piperidine rings is 1. The molecule has 1 fully saturated rings. The quantitative estimate of drug-likeness (QED) is 0.749. The number of anilines is 2. The van der Waals surface area contributed by atoms with Crippen molar-refractivity contribution in [1.29, 1.82) is 0 Å². The van der Waals surface area contributed by atoms with Gasteiger partial charge in [-0.1, -0.05) is 6.07 Å². The van der Waals surface area contributed by atoms with Crippen LogP contribution < -0.4 is 20.1 Å². The second-order valence-corrected chi connectivity index (χ2v) is 6.90. The standard InChI is InChI=1S/C22H27N3O4/c1-28-18-9-10-20(29-2)19(14-18)23-15-21(26)24-17-8-6-7-16(13-17)22(27)25-11-4-3-5-12-25/h6-10,13-14,23H,3-5,11-12,15H2,1-2H3,(H,24,26). The molecule has 2 N–H and O–H groups in total. The van der Waals surface area contributed by atoms with Crippen molar-refractivity contribution >= 4 is 23.2 Å². The minimum absolute atomic E-state index is 0.0139. The second kappa shape index (κ2) is 9.82. The molecule has 1 aliphatic heterocycles. The highest BCUT2D eigenvalue weighted by molar-refractivity contribution is 5.98. The van der Waals surface area contributed by atoms with Gasteiger partial charge in [-0.05, 0) is 49.6 Å². The molecule has 0 aromatic heterocycles. The number of amides is 2. The van der Waals surface area contributed by atoms with E-state index in [0.29, 0.717) is 28.4 Å². The maximum Gasteiger partial charge on any atom is 0.253 e. The third kappa shape index (κ3) is 5.40. The molecule has 3 rings (SSSR count). The Morgan fingerprint density at radius 3 is 2.52 bits per heavy atom. The van der Waals surface area contributed by atoms with Gasteiger partial charge < -0.3 is 25.0 Å². The zero-order valence-electron chi connectivity index (χ0n) is 16.9. The van der Waals surface area contributed by atoms with E-state index in [0.717, 1.165) is 25.9 Å². The minimum Gasteiger partial charge on any atom is -0.497 e. The predicted octanol–water partition coefficient (Wildman–Crippen LogP) is 3.38. The smallest absolute Gasteiger partial charge is 0.253 e. The van der Waals surface area contributed by atoms with Crippen LogP contribution in [0.15, 0.2) is 42.5 Å². The first-order valence-electron chi connectivity index (χ1n) is 9.76. The van der Waals surface area contributed by atoms with Gasteiger partial charge >= 0.3 is 0 Å². The molecule has 7 nitrogen and oxygen atoms in total. The van der Waals surface area contributed by atoms with Crippen molar-refractivity contribution in [2.75, 3.05) is 44.5 Å². The maximum absolute atomic E-state index is 12.7. The lowest BCUT2D eigenvalue weighted by Gasteiger charge is -2.26. The lowest BCUT2D eigenvalue weighted by atomic mass is 10.1. The molecule has 0 spiro atoms. The number of carbonyl (C=O) groups is 2. The summed E-state index contributed by atoms with van der Waals surface area (Å²) in [7, 11) is 3.15. The Balaban J connectivity index is 1.60. The number of hydrogen-bond donors (Lipinski definition) is 2. The van der Waals surface area contributed by atoms with E-state index in [-0.39, 0.29) is 18.4 Å². The lowest BCUT2D eigenvalue weighted by molar-refractivity contribution is -0.114. The van der Waals surface area contributed by atoms with Crippen LogP contribution in [0.1, 0.15) is 29.6 Å². The highest BCUT2D eigenvalue weighted by Gasteiger charge is 2.18. The van der Waals surface area contributed by atoms with Gasteiger partial charge in [0.15, 0.2) is 0 Å². The first-order chi connectivity index (χ1) is 14.1. The number of nitrogens with one attached hydrogen (secondary N) is 2. The number of benzene rings is 2. The van der Waals surface area contributed by atoms with E-state index in [1.165, 1.54) is 6.42 Å². The van der Waals surface area contributed by atoms with Gasteiger partial charge in [-0.2, -0.15) is 0 Å². The molecule has 1 aliphatic rings. The summed E-state index contributed by atoms with van der Waals surface area (Å²) >= 11 is 0. The number of carbonyl (C=O) groups excluding carboxylic acids is 2. The van der Waals surface area contributed by atoms with Gasteiger partial charge in [0.05, 0.1) is 26.5 Å². The summed E-state index contributed by atoms with van der Waals surface area (Å²) in [6, 6.07) is 12.4. The highest BCUT2D eigenvalue weighted by Crippen LogP contribution is 2.28. The largest absolute Gasteiger partial charge is 0.497 e. The summed E-state index contributed by atoms with van der Waals surface area (Å²) in [5.74, 6) is 1.07. The SMILES string of the molecule is COc1ccc(OC)c(NCC(=O)Nc2cccc(C(=O)N3CCCCC3)c2)c1. The van der Waals surface area contributed by atoms with E-state index < -0.39 is 0 Å². The van der Waals surface area contributed by atoms with E-state index in [2.05, 4.69) is 10.6 Å². The number of methoxy groups -OCH3 is 2. The normalized spacial score (nSPS) is 13.5. The molecule has 7 heteroatoms. The molecule has 0 bridgehead atoms. The Morgan fingerprint density at radius 1 is 1.00 bits per heavy atom. The van der Waals surface area contributed by atoms with Crippen LogP contribution in [-0.4, -0.2) is 50.6 Å². The first kappa shape index (κ1) is 20.5. The number of hydrogen-bond acceptors (Lipinski definition) is 5. The Hall–Kier alpha value is -3.22. The summed E-state index contributed by atoms with van der Waals surface area (Å²) in [5, 5.41) is 5.89. The van der Waals surface area contributed by atoms with Crippen molar-refractivity contribution in [1.82, 2.24) is 4.90 Å². The van der Waals surface area contributed by atoms with E-state index >= 15 is 0 Å². The van der Waals surface area contributed by atoms with Crippen molar-refractivity contribution in [3.05, 3.63) is 48.0 Å². The van der Waals surface area contributed by atoms with Crippen LogP contribution in [0.25, 0.3) is 0 Å². The molecule has 1 heterocycles. The van der Waals surface area contributed by atoms with E-state index in [4.69, 9.17) is 9.47 Å². The molecular weight excluding hydrogens is 370 g/mol. The molecule has 0 aliphatic carbocycles. The first-order valence-corrected chi connectivity index (χ1v) is 9.76. The average Bonchev–Trinajstić information content (AvgIpc) is 2.77. The van der Waals surface area contributed by atoms with Crippen LogP contribution in [-0.2, 0) is 4.79 Å². The molecule has 2 amide bonds. The molecule has 29 heavy (non-hydrogen) atoms. The third-order valence-corrected chi connectivity index (χ3v) is 4.88. The van der Waals surface area contributed by atoms with Crippen LogP contribution in [0.2, 0.25) is 0 Å². The summed E-state index contributed by atoms with van der Waals surface area (Å²) in [5.41, 5.74) is 1.85. The Morgan fingerprint density at radius 2 is 1.79 bits per heavy atom. The fraction of sp³-hybridized carbons (Fsp3) is 0.364. The zero-order valence-corrected chi connectivity index (χ0v) is 16.9. The zero-order chi connectivity index (χ0) is 20.6. The molecule has 0 unspecified atom stereocenters. The average molecular weight is 397 g/mol. The van der Waals surface area contributed by atoms with Crippen LogP contribution in [0.3, 0.4) is 0 Å². The molecule has 2 aromatic carbocycles. The monoisotopic (exact) mass is 397 g/mol. The van der Waals surface area contributed by atoms with Crippen molar-refractivity contribution < 1.29 is 19.1 Å². The highest BCUT2D eigenvalue weighted by atomic mass is 16.5. The number of likely N-dealkylation sites (tertiary alicyclic amines) is 1. The van der Waals surface area contributed by atoms with Gasteiger partial charge in [-0.25, -0.2) is 0 Å². The van der Waals surface area contributed by atoms with Crippen LogP contribution in [0.5, 0.6) is 11.5 Å². The Kier molecular flexibility index (Phi) is 6.94. The van der Waals surface area contributed by atoms with Gasteiger partial charge in [0.25, 0.3) is 5.91 Å². The molecule has 0 radical (unpaired) electrons. The van der Waals surface area contributed by atoms with Crippen LogP contribution in [0.4, 0.5) is 11.4 Å². The lowest BCUT2D eigenvalue weighted by Crippen LogP contribution is -2.35. The fourth-order valence-corrected chi connectivity index (χ4v) is 3.34. The molecule has 0 atom stereocenters. The summed E-state index contributed by atoms with van der Waals surface area (Å²) in [4.78, 5) is 26.9. The molecule has 2 aromatic rings. The topological polar surface area (TPSA) is 79.9 Å². The van der Waals surface area contributed by atoms with Gasteiger partial charge in [-0.15, -0.1) is 0 Å².